The van der Waals surface area contributed by atoms with Gasteiger partial charge in [-0.1, -0.05) is 12.1 Å². The molecule has 0 radical (unpaired) electrons. The Labute approximate surface area is 198 Å². The summed E-state index contributed by atoms with van der Waals surface area (Å²) in [5.74, 6) is 1.53. The van der Waals surface area contributed by atoms with Crippen molar-refractivity contribution in [2.45, 2.75) is 44.2 Å². The molecule has 2 amide bonds. The predicted octanol–water partition coefficient (Wildman–Crippen LogP) is 1.86. The third-order valence-corrected chi connectivity index (χ3v) is 6.72. The number of imidazole rings is 1. The highest BCUT2D eigenvalue weighted by Crippen LogP contribution is 2.28. The number of anilines is 2. The van der Waals surface area contributed by atoms with Crippen LogP contribution in [0.3, 0.4) is 0 Å². The largest absolute Gasteiger partial charge is 0.362 e. The van der Waals surface area contributed by atoms with Crippen molar-refractivity contribution in [1.82, 2.24) is 30.6 Å². The van der Waals surface area contributed by atoms with Gasteiger partial charge in [0.1, 0.15) is 17.6 Å². The summed E-state index contributed by atoms with van der Waals surface area (Å²) in [6.07, 6.45) is 5.92. The Morgan fingerprint density at radius 2 is 1.94 bits per heavy atom. The Morgan fingerprint density at radius 1 is 1.15 bits per heavy atom. The van der Waals surface area contributed by atoms with Crippen molar-refractivity contribution < 1.29 is 9.59 Å². The Hall–Kier alpha value is -3.69. The molecule has 4 N–H and O–H groups in total. The van der Waals surface area contributed by atoms with Crippen LogP contribution in [0.2, 0.25) is 0 Å². The number of hydrogen-bond donors (Lipinski definition) is 4. The van der Waals surface area contributed by atoms with Crippen molar-refractivity contribution in [3.63, 3.8) is 0 Å². The van der Waals surface area contributed by atoms with E-state index < -0.39 is 6.04 Å². The number of carbonyl (C=O) groups excluding carboxylic acids is 2. The van der Waals surface area contributed by atoms with Crippen LogP contribution in [-0.4, -0.2) is 64.5 Å². The molecule has 0 bridgehead atoms. The summed E-state index contributed by atoms with van der Waals surface area (Å²) in [4.78, 5) is 43.1. The fourth-order valence-electron chi connectivity index (χ4n) is 4.84. The number of rotatable bonds is 6. The average molecular weight is 463 g/mol. The van der Waals surface area contributed by atoms with Gasteiger partial charge < -0.3 is 25.8 Å². The molecule has 2 aromatic heterocycles. The van der Waals surface area contributed by atoms with Gasteiger partial charge in [-0.15, -0.1) is 0 Å². The van der Waals surface area contributed by atoms with E-state index in [1.165, 1.54) is 6.33 Å². The van der Waals surface area contributed by atoms with Gasteiger partial charge >= 0.3 is 0 Å². The fourth-order valence-corrected chi connectivity index (χ4v) is 4.84. The van der Waals surface area contributed by atoms with E-state index in [0.717, 1.165) is 42.4 Å². The van der Waals surface area contributed by atoms with Crippen molar-refractivity contribution in [3.05, 3.63) is 42.0 Å². The number of hydrogen-bond acceptors (Lipinski definition) is 7. The fraction of sp³-hybridized carbons (Fsp3) is 0.458. The molecule has 0 spiro atoms. The molecular weight excluding hydrogens is 432 g/mol. The lowest BCUT2D eigenvalue weighted by Crippen LogP contribution is -2.51. The molecular formula is C24H30N8O2. The first kappa shape index (κ1) is 22.1. The van der Waals surface area contributed by atoms with Crippen molar-refractivity contribution >= 4 is 34.5 Å². The second kappa shape index (κ2) is 9.28. The summed E-state index contributed by atoms with van der Waals surface area (Å²) in [7, 11) is 3.98. The van der Waals surface area contributed by atoms with Crippen LogP contribution in [0.5, 0.6) is 0 Å². The number of amides is 2. The number of aromatic nitrogens is 4. The Balaban J connectivity index is 1.12. The summed E-state index contributed by atoms with van der Waals surface area (Å²) in [5, 5.41) is 10.3. The van der Waals surface area contributed by atoms with Crippen LogP contribution < -0.4 is 20.9 Å². The van der Waals surface area contributed by atoms with Crippen LogP contribution in [-0.2, 0) is 11.2 Å². The van der Waals surface area contributed by atoms with E-state index >= 15 is 0 Å². The predicted molar refractivity (Wildman–Crippen MR) is 130 cm³/mol. The minimum Gasteiger partial charge on any atom is -0.362 e. The van der Waals surface area contributed by atoms with Crippen LogP contribution >= 0.6 is 0 Å². The zero-order chi connectivity index (χ0) is 23.7. The highest BCUT2D eigenvalue weighted by Gasteiger charge is 2.31. The van der Waals surface area contributed by atoms with E-state index in [2.05, 4.69) is 25.9 Å². The van der Waals surface area contributed by atoms with E-state index in [1.54, 1.807) is 0 Å². The Morgan fingerprint density at radius 3 is 2.74 bits per heavy atom. The van der Waals surface area contributed by atoms with Gasteiger partial charge in [-0.05, 0) is 43.7 Å². The number of para-hydroxylation sites is 1. The second-order valence-corrected chi connectivity index (χ2v) is 9.35. The van der Waals surface area contributed by atoms with Gasteiger partial charge in [0, 0.05) is 38.5 Å². The normalized spacial score (nSPS) is 22.1. The smallest absolute Gasteiger partial charge is 0.272 e. The highest BCUT2D eigenvalue weighted by molar-refractivity contribution is 5.99. The van der Waals surface area contributed by atoms with Crippen LogP contribution in [0.1, 0.15) is 41.9 Å². The zero-order valence-electron chi connectivity index (χ0n) is 19.5. The minimum atomic E-state index is -0.561. The number of fused-ring (bicyclic) bond motifs is 2. The molecule has 1 aliphatic heterocycles. The first-order valence-corrected chi connectivity index (χ1v) is 11.8. The number of aromatic amines is 1. The molecule has 5 rings (SSSR count). The van der Waals surface area contributed by atoms with E-state index in [-0.39, 0.29) is 11.8 Å². The van der Waals surface area contributed by atoms with Crippen molar-refractivity contribution in [2.75, 3.05) is 30.9 Å². The lowest BCUT2D eigenvalue weighted by molar-refractivity contribution is -0.123. The Kier molecular flexibility index (Phi) is 6.04. The van der Waals surface area contributed by atoms with Crippen molar-refractivity contribution in [1.29, 1.82) is 0 Å². The van der Waals surface area contributed by atoms with Gasteiger partial charge in [0.25, 0.3) is 5.91 Å². The molecule has 10 heteroatoms. The number of carbonyl (C=O) groups is 2. The molecule has 1 saturated carbocycles. The van der Waals surface area contributed by atoms with E-state index in [9.17, 15) is 9.59 Å². The monoisotopic (exact) mass is 462 g/mol. The molecule has 0 saturated heterocycles. The molecule has 178 valence electrons. The van der Waals surface area contributed by atoms with Crippen LogP contribution in [0, 0.1) is 5.92 Å². The second-order valence-electron chi connectivity index (χ2n) is 9.35. The summed E-state index contributed by atoms with van der Waals surface area (Å²) in [6.45, 7) is 0.616. The third kappa shape index (κ3) is 4.52. The number of H-pyrrole nitrogens is 1. The number of nitrogens with zero attached hydrogens (tertiary/aromatic N) is 4. The van der Waals surface area contributed by atoms with E-state index in [4.69, 9.17) is 9.97 Å². The highest BCUT2D eigenvalue weighted by atomic mass is 16.2. The third-order valence-electron chi connectivity index (χ3n) is 6.72. The van der Waals surface area contributed by atoms with Crippen molar-refractivity contribution in [2.24, 2.45) is 5.92 Å². The molecule has 1 aromatic carbocycles. The lowest BCUT2D eigenvalue weighted by Gasteiger charge is -2.30. The molecule has 3 aromatic rings. The van der Waals surface area contributed by atoms with Gasteiger partial charge in [-0.3, -0.25) is 9.59 Å². The topological polar surface area (TPSA) is 128 Å². The summed E-state index contributed by atoms with van der Waals surface area (Å²) in [5.41, 5.74) is 2.02. The van der Waals surface area contributed by atoms with Gasteiger partial charge in [-0.25, -0.2) is 9.97 Å². The standard InChI is InChI=1S/C24H30N8O2/c1-32(2)21-16-5-3-4-6-17(16)30-24(31-21)28-15-9-7-14(8-10-15)12-25-22(33)19-11-18-20(23(34)29-19)27-13-26-18/h3-6,13-15,19H,7-12H2,1-2H3,(H,25,33)(H,26,27)(H,29,34)(H,28,30,31). The maximum Gasteiger partial charge on any atom is 0.272 e. The minimum absolute atomic E-state index is 0.144. The molecule has 1 fully saturated rings. The number of nitrogens with one attached hydrogen (secondary N) is 4. The molecule has 1 aliphatic carbocycles. The zero-order valence-corrected chi connectivity index (χ0v) is 19.5. The molecule has 3 heterocycles. The van der Waals surface area contributed by atoms with Gasteiger partial charge in [0.05, 0.1) is 17.5 Å². The maximum atomic E-state index is 12.6. The maximum absolute atomic E-state index is 12.6. The van der Waals surface area contributed by atoms with Gasteiger partial charge in [0.15, 0.2) is 0 Å². The van der Waals surface area contributed by atoms with Crippen LogP contribution in [0.4, 0.5) is 11.8 Å². The molecule has 1 atom stereocenters. The van der Waals surface area contributed by atoms with Gasteiger partial charge in [0.2, 0.25) is 11.9 Å². The molecule has 1 unspecified atom stereocenters. The van der Waals surface area contributed by atoms with Crippen LogP contribution in [0.15, 0.2) is 30.6 Å². The van der Waals surface area contributed by atoms with Crippen molar-refractivity contribution in [3.8, 4) is 0 Å². The summed E-state index contributed by atoms with van der Waals surface area (Å²) in [6, 6.07) is 7.79. The molecule has 10 nitrogen and oxygen atoms in total. The summed E-state index contributed by atoms with van der Waals surface area (Å²) >= 11 is 0. The molecule has 34 heavy (non-hydrogen) atoms. The average Bonchev–Trinajstić information content (AvgIpc) is 3.32. The van der Waals surface area contributed by atoms with Gasteiger partial charge in [-0.2, -0.15) is 4.98 Å². The molecule has 2 aliphatic rings. The number of benzene rings is 1. The lowest BCUT2D eigenvalue weighted by atomic mass is 9.86. The summed E-state index contributed by atoms with van der Waals surface area (Å²) < 4.78 is 0. The SMILES string of the molecule is CN(C)c1nc(NC2CCC(CNC(=O)C3Cc4[nH]cnc4C(=O)N3)CC2)nc2ccccc12. The van der Waals surface area contributed by atoms with Crippen LogP contribution in [0.25, 0.3) is 10.9 Å². The quantitative estimate of drug-likeness (QED) is 0.440. The Bertz CT molecular complexity index is 1200. The first-order chi connectivity index (χ1) is 16.5. The van der Waals surface area contributed by atoms with E-state index in [0.29, 0.717) is 42.3 Å². The first-order valence-electron chi connectivity index (χ1n) is 11.8. The van der Waals surface area contributed by atoms with E-state index in [1.807, 2.05) is 43.3 Å².